The Morgan fingerprint density at radius 1 is 0.689 bits per heavy atom. The predicted molar refractivity (Wildman–Crippen MR) is 292 cm³/mol. The lowest BCUT2D eigenvalue weighted by atomic mass is 9.72. The van der Waals surface area contributed by atoms with Gasteiger partial charge in [0, 0.05) is 43.1 Å². The van der Waals surface area contributed by atoms with Crippen molar-refractivity contribution in [2.45, 2.75) is 273 Å². The zero-order valence-electron chi connectivity index (χ0n) is 48.4. The Morgan fingerprint density at radius 3 is 1.86 bits per heavy atom. The van der Waals surface area contributed by atoms with Gasteiger partial charge in [0.25, 0.3) is 0 Å². The average Bonchev–Trinajstić information content (AvgIpc) is 3.37. The van der Waals surface area contributed by atoms with Crippen molar-refractivity contribution in [1.29, 1.82) is 0 Å². The zero-order chi connectivity index (χ0) is 54.8. The fourth-order valence-corrected chi connectivity index (χ4v) is 13.2. The zero-order valence-corrected chi connectivity index (χ0v) is 48.4. The lowest BCUT2D eigenvalue weighted by molar-refractivity contribution is -0.152. The molecule has 0 bridgehead atoms. The molecule has 0 spiro atoms. The number of hydrogen-bond acceptors (Lipinski definition) is 9. The third-order valence-corrected chi connectivity index (χ3v) is 17.4. The molecule has 74 heavy (non-hydrogen) atoms. The highest BCUT2D eigenvalue weighted by atomic mass is 16.6. The molecular formula is C59H104N6O9. The van der Waals surface area contributed by atoms with Gasteiger partial charge in [0.15, 0.2) is 0 Å². The monoisotopic (exact) mass is 1040 g/mol. The Morgan fingerprint density at radius 2 is 1.27 bits per heavy atom. The number of alkyl carbamates (subject to hydrolysis) is 1. The molecule has 424 valence electrons. The van der Waals surface area contributed by atoms with E-state index in [0.29, 0.717) is 51.8 Å². The summed E-state index contributed by atoms with van der Waals surface area (Å²) in [5.41, 5.74) is -0.994. The molecule has 2 unspecified atom stereocenters. The van der Waals surface area contributed by atoms with E-state index in [1.54, 1.807) is 34.6 Å². The number of hydrogen-bond donors (Lipinski definition) is 4. The fourth-order valence-electron chi connectivity index (χ4n) is 13.2. The molecule has 0 aromatic carbocycles. The summed E-state index contributed by atoms with van der Waals surface area (Å²) in [6.07, 6.45) is 18.6. The van der Waals surface area contributed by atoms with Crippen LogP contribution in [-0.2, 0) is 38.2 Å². The van der Waals surface area contributed by atoms with E-state index in [1.807, 2.05) is 25.7 Å². The summed E-state index contributed by atoms with van der Waals surface area (Å²) in [5.74, 6) is -2.53. The van der Waals surface area contributed by atoms with E-state index in [9.17, 15) is 24.0 Å². The van der Waals surface area contributed by atoms with Gasteiger partial charge in [-0.25, -0.2) is 4.79 Å². The number of esters is 1. The maximum absolute atomic E-state index is 15.4. The summed E-state index contributed by atoms with van der Waals surface area (Å²) < 4.78 is 11.1. The van der Waals surface area contributed by atoms with Crippen molar-refractivity contribution in [2.24, 2.45) is 40.9 Å². The van der Waals surface area contributed by atoms with E-state index in [0.717, 1.165) is 116 Å². The van der Waals surface area contributed by atoms with Crippen LogP contribution in [0.3, 0.4) is 0 Å². The third kappa shape index (κ3) is 17.8. The van der Waals surface area contributed by atoms with Crippen molar-refractivity contribution >= 4 is 41.6 Å². The highest BCUT2D eigenvalue weighted by Gasteiger charge is 2.47. The van der Waals surface area contributed by atoms with Crippen LogP contribution >= 0.6 is 0 Å². The highest BCUT2D eigenvalue weighted by molar-refractivity contribution is 5.90. The molecule has 6 amide bonds. The van der Waals surface area contributed by atoms with Crippen molar-refractivity contribution in [3.8, 4) is 0 Å². The van der Waals surface area contributed by atoms with Crippen molar-refractivity contribution in [3.05, 3.63) is 0 Å². The fraction of sp³-hybridized carbons (Fsp3) is 0.881. The number of unbranched alkanes of at least 4 members (excludes halogenated alkanes) is 3. The summed E-state index contributed by atoms with van der Waals surface area (Å²) in [4.78, 5) is 103. The molecule has 4 rings (SSSR count). The molecule has 4 fully saturated rings. The predicted octanol–water partition coefficient (Wildman–Crippen LogP) is 10.2. The smallest absolute Gasteiger partial charge is 0.408 e. The van der Waals surface area contributed by atoms with Crippen LogP contribution in [0.2, 0.25) is 0 Å². The summed E-state index contributed by atoms with van der Waals surface area (Å²) in [6, 6.07) is -3.08. The molecule has 0 aromatic heterocycles. The van der Waals surface area contributed by atoms with E-state index in [4.69, 9.17) is 9.47 Å². The lowest BCUT2D eigenvalue weighted by Crippen LogP contribution is -2.59. The van der Waals surface area contributed by atoms with Crippen LogP contribution in [0.4, 0.5) is 4.79 Å². The number of rotatable bonds is 22. The first-order chi connectivity index (χ1) is 35.1. The Kier molecular flexibility index (Phi) is 25.5. The van der Waals surface area contributed by atoms with Crippen molar-refractivity contribution < 1.29 is 43.0 Å². The Bertz CT molecular complexity index is 1820. The molecule has 4 aliphatic rings. The summed E-state index contributed by atoms with van der Waals surface area (Å²) in [5, 5.41) is 12.4. The topological polar surface area (TPSA) is 193 Å². The van der Waals surface area contributed by atoms with Crippen molar-refractivity contribution in [2.75, 3.05) is 19.7 Å². The van der Waals surface area contributed by atoms with Gasteiger partial charge in [0.05, 0.1) is 12.5 Å². The van der Waals surface area contributed by atoms with Gasteiger partial charge in [-0.15, -0.1) is 0 Å². The second-order valence-corrected chi connectivity index (χ2v) is 24.4. The van der Waals surface area contributed by atoms with E-state index < -0.39 is 41.7 Å². The molecule has 4 N–H and O–H groups in total. The van der Waals surface area contributed by atoms with E-state index in [1.165, 1.54) is 0 Å². The first-order valence-electron chi connectivity index (χ1n) is 29.8. The number of amides is 6. The standard InChI is InChI=1S/C59H104N6O9/c1-13-18-26-34-59(12)35-27-36-64(41(8)52(67)63-49-32-24-21-29-46(49)44(17-5)56(71)73-37-19-14-2)55(70)43(16-4)47-30-22-25-33-50(47)65(38-59)54(69)40(7)60-53(68)42(15-3)45-28-20-23-31-48(45)62-51(66)39(6)61-57(72)74-58(9,10)11/h39-50H,13-38H2,1-12H3,(H,60,68)(H,61,72)(H,62,66)(H,63,67)/t39-,40-,41-,42-,43-,44-,45-,46-,47?,48-,49-,50-,59?/m1/s1. The van der Waals surface area contributed by atoms with Crippen LogP contribution in [0.5, 0.6) is 0 Å². The van der Waals surface area contributed by atoms with Gasteiger partial charge in [-0.3, -0.25) is 28.8 Å². The maximum Gasteiger partial charge on any atom is 0.408 e. The van der Waals surface area contributed by atoms with Crippen LogP contribution in [0, 0.1) is 40.9 Å². The molecule has 15 nitrogen and oxygen atoms in total. The average molecular weight is 1040 g/mol. The van der Waals surface area contributed by atoms with Crippen molar-refractivity contribution in [3.63, 3.8) is 0 Å². The number of ether oxygens (including phenoxy) is 2. The highest BCUT2D eigenvalue weighted by Crippen LogP contribution is 2.42. The molecule has 1 heterocycles. The minimum Gasteiger partial charge on any atom is -0.465 e. The Balaban J connectivity index is 1.59. The first kappa shape index (κ1) is 62.6. The molecule has 13 atom stereocenters. The van der Waals surface area contributed by atoms with Gasteiger partial charge in [-0.2, -0.15) is 0 Å². The van der Waals surface area contributed by atoms with Gasteiger partial charge in [-0.1, -0.05) is 106 Å². The molecule has 3 aliphatic carbocycles. The molecule has 1 aliphatic heterocycles. The van der Waals surface area contributed by atoms with E-state index in [2.05, 4.69) is 53.9 Å². The number of carbonyl (C=O) groups is 7. The molecule has 15 heteroatoms. The molecule has 3 saturated carbocycles. The Labute approximate surface area is 447 Å². The van der Waals surface area contributed by atoms with Crippen LogP contribution in [0.1, 0.15) is 231 Å². The molecule has 0 aromatic rings. The number of nitrogens with zero attached hydrogens (tertiary/aromatic N) is 2. The first-order valence-corrected chi connectivity index (χ1v) is 29.8. The number of nitrogens with one attached hydrogen (secondary N) is 4. The minimum absolute atomic E-state index is 0.0295. The van der Waals surface area contributed by atoms with Gasteiger partial charge < -0.3 is 40.5 Å². The van der Waals surface area contributed by atoms with Crippen LogP contribution in [0.15, 0.2) is 0 Å². The SMILES string of the molecule is CCCCCC1(C)CCCN([C@H](C)C(=O)N[C@@H]2CCCC[C@@H]2[C@@H](CC)C(=O)OCCCC)C(=O)[C@H](CC)C2CCCC[C@H]2N(C(=O)[C@@H](C)NC(=O)[C@H](CC)[C@H]2CCCC[C@H]2NC(=O)[C@@H](C)NC(=O)OC(C)(C)C)C1. The Hall–Kier alpha value is -3.91. The van der Waals surface area contributed by atoms with Gasteiger partial charge in [-0.05, 0) is 148 Å². The quantitative estimate of drug-likeness (QED) is 0.0603. The van der Waals surface area contributed by atoms with Gasteiger partial charge in [0.2, 0.25) is 29.5 Å². The summed E-state index contributed by atoms with van der Waals surface area (Å²) in [6.45, 7) is 24.6. The maximum atomic E-state index is 15.4. The van der Waals surface area contributed by atoms with Crippen LogP contribution < -0.4 is 21.3 Å². The van der Waals surface area contributed by atoms with Gasteiger partial charge >= 0.3 is 12.1 Å². The van der Waals surface area contributed by atoms with E-state index >= 15 is 9.59 Å². The summed E-state index contributed by atoms with van der Waals surface area (Å²) in [7, 11) is 0. The molecule has 0 radical (unpaired) electrons. The number of fused-ring (bicyclic) bond motifs is 1. The second kappa shape index (κ2) is 30.1. The molecular weight excluding hydrogens is 937 g/mol. The third-order valence-electron chi connectivity index (χ3n) is 17.4. The van der Waals surface area contributed by atoms with Crippen LogP contribution in [0.25, 0.3) is 0 Å². The second-order valence-electron chi connectivity index (χ2n) is 24.4. The number of carbonyl (C=O) groups excluding carboxylic acids is 7. The summed E-state index contributed by atoms with van der Waals surface area (Å²) >= 11 is 0. The van der Waals surface area contributed by atoms with Crippen molar-refractivity contribution in [1.82, 2.24) is 31.1 Å². The van der Waals surface area contributed by atoms with E-state index in [-0.39, 0.29) is 82.7 Å². The molecule has 1 saturated heterocycles. The van der Waals surface area contributed by atoms with Crippen LogP contribution in [-0.4, -0.2) is 113 Å². The largest absolute Gasteiger partial charge is 0.465 e. The normalized spacial score (nSPS) is 28.2. The van der Waals surface area contributed by atoms with Gasteiger partial charge in [0.1, 0.15) is 23.7 Å². The lowest BCUT2D eigenvalue weighted by Gasteiger charge is -2.47. The minimum atomic E-state index is -0.840.